The molecule has 0 atom stereocenters. The van der Waals surface area contributed by atoms with Gasteiger partial charge in [0.2, 0.25) is 0 Å². The number of aliphatic imine (C=N–C) groups is 1. The van der Waals surface area contributed by atoms with Gasteiger partial charge in [0.05, 0.1) is 0 Å². The molecule has 0 heterocycles. The fraction of sp³-hybridized carbons (Fsp3) is 0.550. The third-order valence-corrected chi connectivity index (χ3v) is 3.79. The molecule has 1 saturated carbocycles. The van der Waals surface area contributed by atoms with Gasteiger partial charge in [-0.15, -0.1) is 0 Å². The largest absolute Gasteiger partial charge is 0.290 e. The Kier molecular flexibility index (Phi) is 6.87. The van der Waals surface area contributed by atoms with E-state index in [4.69, 9.17) is 0 Å². The molecule has 1 nitrogen and oxygen atoms in total. The van der Waals surface area contributed by atoms with Gasteiger partial charge in [0.15, 0.2) is 0 Å². The van der Waals surface area contributed by atoms with Crippen molar-refractivity contribution in [1.29, 1.82) is 0 Å². The summed E-state index contributed by atoms with van der Waals surface area (Å²) < 4.78 is 0. The topological polar surface area (TPSA) is 12.4 Å². The van der Waals surface area contributed by atoms with Gasteiger partial charge in [-0.25, -0.2) is 0 Å². The number of hydrogen-bond donors (Lipinski definition) is 0. The molecule has 21 heavy (non-hydrogen) atoms. The number of rotatable bonds is 7. The average molecular weight is 285 g/mol. The van der Waals surface area contributed by atoms with Crippen LogP contribution in [0.15, 0.2) is 51.6 Å². The maximum atomic E-state index is 4.64. The number of allylic oxidation sites excluding steroid dienone is 7. The third kappa shape index (κ3) is 6.29. The summed E-state index contributed by atoms with van der Waals surface area (Å²) in [5.74, 6) is 0.893. The smallest absolute Gasteiger partial charge is 0.0443 e. The molecule has 116 valence electrons. The van der Waals surface area contributed by atoms with Crippen LogP contribution in [0.3, 0.4) is 0 Å². The standard InChI is InChI=1S/C20H31N/c1-8-16(6)19(11-14(2)3)20(13-21-15(4)5)17(7)12-18-9-10-18/h8,11,13,15,18H,2,9-10,12H2,1,3-7H3/b16-8-,19-11+,20-17?,21-13?. The van der Waals surface area contributed by atoms with Crippen LogP contribution in [0.25, 0.3) is 0 Å². The molecule has 0 N–H and O–H groups in total. The van der Waals surface area contributed by atoms with E-state index in [1.807, 2.05) is 0 Å². The monoisotopic (exact) mass is 285 g/mol. The normalized spacial score (nSPS) is 18.4. The summed E-state index contributed by atoms with van der Waals surface area (Å²) in [6, 6.07) is 0.325. The Hall–Kier alpha value is -1.37. The maximum Gasteiger partial charge on any atom is 0.0443 e. The van der Waals surface area contributed by atoms with Gasteiger partial charge in [0.25, 0.3) is 0 Å². The van der Waals surface area contributed by atoms with Crippen LogP contribution in [0.5, 0.6) is 0 Å². The Labute approximate surface area is 131 Å². The minimum absolute atomic E-state index is 0.325. The molecule has 0 unspecified atom stereocenters. The molecule has 1 aliphatic carbocycles. The van der Waals surface area contributed by atoms with Crippen molar-refractivity contribution in [2.24, 2.45) is 10.9 Å². The first kappa shape index (κ1) is 17.7. The van der Waals surface area contributed by atoms with Gasteiger partial charge < -0.3 is 0 Å². The van der Waals surface area contributed by atoms with E-state index in [9.17, 15) is 0 Å². The second kappa shape index (κ2) is 8.17. The van der Waals surface area contributed by atoms with Gasteiger partial charge in [-0.2, -0.15) is 0 Å². The van der Waals surface area contributed by atoms with E-state index in [1.165, 1.54) is 41.6 Å². The minimum atomic E-state index is 0.325. The number of nitrogens with zero attached hydrogens (tertiary/aromatic N) is 1. The molecule has 0 aliphatic heterocycles. The van der Waals surface area contributed by atoms with Crippen LogP contribution in [0, 0.1) is 5.92 Å². The minimum Gasteiger partial charge on any atom is -0.290 e. The Balaban J connectivity index is 3.26. The molecular formula is C20H31N. The molecule has 0 aromatic carbocycles. The maximum absolute atomic E-state index is 4.64. The fourth-order valence-electron chi connectivity index (χ4n) is 2.30. The van der Waals surface area contributed by atoms with Crippen molar-refractivity contribution in [3.05, 3.63) is 46.6 Å². The zero-order valence-corrected chi connectivity index (χ0v) is 14.7. The highest BCUT2D eigenvalue weighted by Gasteiger charge is 2.23. The SMILES string of the molecule is C=C(C)/C=C(C(C=NC(C)C)=C(C)CC1CC1)\C(C)=C/C. The van der Waals surface area contributed by atoms with Crippen LogP contribution in [0.2, 0.25) is 0 Å². The van der Waals surface area contributed by atoms with Gasteiger partial charge in [-0.1, -0.05) is 29.9 Å². The van der Waals surface area contributed by atoms with Gasteiger partial charge in [0.1, 0.15) is 0 Å². The molecule has 0 spiro atoms. The molecule has 1 aliphatic rings. The van der Waals surface area contributed by atoms with Crippen molar-refractivity contribution in [3.8, 4) is 0 Å². The summed E-state index contributed by atoms with van der Waals surface area (Å²) in [6.07, 6.45) is 10.4. The highest BCUT2D eigenvalue weighted by molar-refractivity contribution is 5.88. The van der Waals surface area contributed by atoms with Crippen molar-refractivity contribution in [3.63, 3.8) is 0 Å². The van der Waals surface area contributed by atoms with Gasteiger partial charge in [0, 0.05) is 12.3 Å². The van der Waals surface area contributed by atoms with E-state index < -0.39 is 0 Å². The first-order valence-electron chi connectivity index (χ1n) is 8.09. The lowest BCUT2D eigenvalue weighted by atomic mass is 9.92. The van der Waals surface area contributed by atoms with Gasteiger partial charge in [-0.3, -0.25) is 4.99 Å². The molecule has 0 amide bonds. The molecule has 0 saturated heterocycles. The van der Waals surface area contributed by atoms with E-state index >= 15 is 0 Å². The highest BCUT2D eigenvalue weighted by atomic mass is 14.7. The van der Waals surface area contributed by atoms with Crippen molar-refractivity contribution < 1.29 is 0 Å². The summed E-state index contributed by atoms with van der Waals surface area (Å²) >= 11 is 0. The van der Waals surface area contributed by atoms with Crippen molar-refractivity contribution in [2.45, 2.75) is 66.8 Å². The highest BCUT2D eigenvalue weighted by Crippen LogP contribution is 2.37. The van der Waals surface area contributed by atoms with E-state index in [-0.39, 0.29) is 0 Å². The van der Waals surface area contributed by atoms with Crippen LogP contribution in [-0.4, -0.2) is 12.3 Å². The summed E-state index contributed by atoms with van der Waals surface area (Å²) in [4.78, 5) is 4.64. The van der Waals surface area contributed by atoms with Crippen LogP contribution in [0.4, 0.5) is 0 Å². The Morgan fingerprint density at radius 1 is 1.24 bits per heavy atom. The van der Waals surface area contributed by atoms with E-state index in [1.54, 1.807) is 0 Å². The lowest BCUT2D eigenvalue weighted by molar-refractivity contribution is 0.814. The quantitative estimate of drug-likeness (QED) is 0.399. The molecule has 0 aromatic heterocycles. The summed E-state index contributed by atoms with van der Waals surface area (Å²) in [6.45, 7) is 16.9. The summed E-state index contributed by atoms with van der Waals surface area (Å²) in [5.41, 5.74) is 6.39. The van der Waals surface area contributed by atoms with E-state index in [0.29, 0.717) is 6.04 Å². The Morgan fingerprint density at radius 3 is 2.29 bits per heavy atom. The summed E-state index contributed by atoms with van der Waals surface area (Å²) in [5, 5.41) is 0. The van der Waals surface area contributed by atoms with E-state index in [2.05, 4.69) is 71.5 Å². The van der Waals surface area contributed by atoms with Crippen LogP contribution in [-0.2, 0) is 0 Å². The third-order valence-electron chi connectivity index (χ3n) is 3.79. The molecule has 0 aromatic rings. The van der Waals surface area contributed by atoms with Crippen LogP contribution < -0.4 is 0 Å². The lowest BCUT2D eigenvalue weighted by Crippen LogP contribution is -2.01. The first-order valence-corrected chi connectivity index (χ1v) is 8.09. The molecular weight excluding hydrogens is 254 g/mol. The predicted octanol–water partition coefficient (Wildman–Crippen LogP) is 6.05. The zero-order chi connectivity index (χ0) is 16.0. The van der Waals surface area contributed by atoms with E-state index in [0.717, 1.165) is 11.5 Å². The van der Waals surface area contributed by atoms with Crippen molar-refractivity contribution in [2.75, 3.05) is 0 Å². The fourth-order valence-corrected chi connectivity index (χ4v) is 2.30. The van der Waals surface area contributed by atoms with Crippen LogP contribution in [0.1, 0.15) is 60.8 Å². The molecule has 0 radical (unpaired) electrons. The lowest BCUT2D eigenvalue weighted by Gasteiger charge is -2.14. The average Bonchev–Trinajstić information content (AvgIpc) is 3.19. The molecule has 0 bridgehead atoms. The first-order chi connectivity index (χ1) is 9.85. The molecule has 1 fully saturated rings. The molecule has 1 heteroatoms. The Morgan fingerprint density at radius 2 is 1.86 bits per heavy atom. The predicted molar refractivity (Wildman–Crippen MR) is 96.0 cm³/mol. The second-order valence-electron chi connectivity index (χ2n) is 6.59. The Bertz CT molecular complexity index is 494. The molecule has 1 rings (SSSR count). The van der Waals surface area contributed by atoms with Gasteiger partial charge >= 0.3 is 0 Å². The second-order valence-corrected chi connectivity index (χ2v) is 6.59. The zero-order valence-electron chi connectivity index (χ0n) is 14.7. The summed E-state index contributed by atoms with van der Waals surface area (Å²) in [7, 11) is 0. The van der Waals surface area contributed by atoms with Crippen LogP contribution >= 0.6 is 0 Å². The van der Waals surface area contributed by atoms with Crippen molar-refractivity contribution in [1.82, 2.24) is 0 Å². The van der Waals surface area contributed by atoms with Gasteiger partial charge in [-0.05, 0) is 83.4 Å². The van der Waals surface area contributed by atoms with Crippen molar-refractivity contribution >= 4 is 6.21 Å². The number of hydrogen-bond acceptors (Lipinski definition) is 1.